The molecule has 0 saturated heterocycles. The quantitative estimate of drug-likeness (QED) is 0.0389. The van der Waals surface area contributed by atoms with Crippen molar-refractivity contribution in [2.24, 2.45) is 5.73 Å². The van der Waals surface area contributed by atoms with E-state index in [-0.39, 0.29) is 26.0 Å². The molecule has 0 aliphatic rings. The summed E-state index contributed by atoms with van der Waals surface area (Å²) >= 11 is 0. The van der Waals surface area contributed by atoms with Gasteiger partial charge >= 0.3 is 13.8 Å². The van der Waals surface area contributed by atoms with Crippen LogP contribution >= 0.6 is 7.82 Å². The summed E-state index contributed by atoms with van der Waals surface area (Å²) in [6.07, 6.45) is 37.5. The monoisotopic (exact) mass is 688 g/mol. The molecule has 2 N–H and O–H groups in total. The molecule has 1 unspecified atom stereocenters. The fourth-order valence-electron chi connectivity index (χ4n) is 5.83. The summed E-state index contributed by atoms with van der Waals surface area (Å²) in [6.45, 7) is 4.45. The third-order valence-electron chi connectivity index (χ3n) is 8.80. The van der Waals surface area contributed by atoms with E-state index >= 15 is 0 Å². The summed E-state index contributed by atoms with van der Waals surface area (Å²) in [4.78, 5) is 24.5. The molecule has 0 spiro atoms. The molecule has 0 saturated carbocycles. The highest BCUT2D eigenvalue weighted by Gasteiger charge is 2.33. The van der Waals surface area contributed by atoms with Crippen LogP contribution in [0, 0.1) is 0 Å². The third kappa shape index (κ3) is 34.7. The smallest absolute Gasteiger partial charge is 0.369 e. The molecule has 1 amide bonds. The van der Waals surface area contributed by atoms with E-state index in [0.29, 0.717) is 12.8 Å². The maximum Gasteiger partial charge on any atom is 0.556 e. The number of amides is 1. The second kappa shape index (κ2) is 36.3. The van der Waals surface area contributed by atoms with Gasteiger partial charge in [-0.1, -0.05) is 199 Å². The van der Waals surface area contributed by atoms with E-state index in [4.69, 9.17) is 19.4 Å². The number of hydrogen-bond donors (Lipinski definition) is 1. The number of unbranched alkanes of at least 4 members (excludes halogenated alkanes) is 28. The number of phosphoric ester groups is 1. The number of nitrogens with zero attached hydrogens (tertiary/aromatic N) is 1. The van der Waals surface area contributed by atoms with Crippen molar-refractivity contribution in [2.75, 3.05) is 13.2 Å². The number of carbonyl (C=O) groups excluding carboxylic acids is 2. The van der Waals surface area contributed by atoms with Crippen LogP contribution in [0.4, 0.5) is 0 Å². The van der Waals surface area contributed by atoms with Crippen LogP contribution in [0.1, 0.15) is 219 Å². The number of nitrogens with two attached hydrogens (primary N) is 1. The Balaban J connectivity index is 3.82. The van der Waals surface area contributed by atoms with E-state index in [1.807, 2.05) is 0 Å². The summed E-state index contributed by atoms with van der Waals surface area (Å²) < 4.78 is 27.8. The average Bonchev–Trinajstić information content (AvgIpc) is 3.06. The van der Waals surface area contributed by atoms with Crippen LogP contribution in [-0.2, 0) is 27.8 Å². The maximum absolute atomic E-state index is 12.9. The Labute approximate surface area is 290 Å². The first-order valence-electron chi connectivity index (χ1n) is 20.1. The maximum atomic E-state index is 12.9. The molecule has 0 aromatic carbocycles. The van der Waals surface area contributed by atoms with Crippen LogP contribution < -0.4 is 11.2 Å². The standard InChI is InChI=1S/C38H76N2O6P/c1-3-5-7-9-11-13-15-17-19-21-23-25-27-29-31-33-37(41)40-46-47(43,44-36-35-39)45-38(42)34-32-30-28-26-24-22-20-18-16-14-12-10-8-6-4-2/h3-36,39H2,1-2H3. The largest absolute Gasteiger partial charge is 0.556 e. The average molecular weight is 688 g/mol. The Morgan fingerprint density at radius 3 is 1.17 bits per heavy atom. The Kier molecular flexibility index (Phi) is 35.6. The Hall–Kier alpha value is -0.950. The third-order valence-corrected chi connectivity index (χ3v) is 10.0. The highest BCUT2D eigenvalue weighted by molar-refractivity contribution is 7.49. The molecule has 0 heterocycles. The fourth-order valence-corrected chi connectivity index (χ4v) is 6.82. The number of hydroxylamine groups is 1. The van der Waals surface area contributed by atoms with Gasteiger partial charge in [0.25, 0.3) is 5.91 Å². The molecule has 0 aromatic rings. The van der Waals surface area contributed by atoms with Crippen LogP contribution in [0.5, 0.6) is 0 Å². The van der Waals surface area contributed by atoms with E-state index in [2.05, 4.69) is 19.3 Å². The van der Waals surface area contributed by atoms with Crippen LogP contribution in [0.25, 0.3) is 0 Å². The molecule has 0 bridgehead atoms. The molecule has 279 valence electrons. The van der Waals surface area contributed by atoms with Crippen molar-refractivity contribution >= 4 is 19.7 Å². The molecular formula is C38H76N2O6P. The van der Waals surface area contributed by atoms with Crippen LogP contribution in [0.15, 0.2) is 0 Å². The molecule has 8 nitrogen and oxygen atoms in total. The van der Waals surface area contributed by atoms with E-state index < -0.39 is 19.7 Å². The van der Waals surface area contributed by atoms with Crippen molar-refractivity contribution < 1.29 is 27.8 Å². The lowest BCUT2D eigenvalue weighted by Crippen LogP contribution is -2.19. The van der Waals surface area contributed by atoms with Gasteiger partial charge in [0, 0.05) is 19.4 Å². The summed E-state index contributed by atoms with van der Waals surface area (Å²) in [7, 11) is -4.33. The molecule has 0 rings (SSSR count). The van der Waals surface area contributed by atoms with Crippen LogP contribution in [-0.4, -0.2) is 25.0 Å². The summed E-state index contributed by atoms with van der Waals surface area (Å²) in [5.74, 6) is -1.21. The van der Waals surface area contributed by atoms with Gasteiger partial charge in [-0.25, -0.2) is 4.57 Å². The number of phosphoric acid groups is 1. The molecule has 0 aliphatic carbocycles. The van der Waals surface area contributed by atoms with Crippen molar-refractivity contribution in [3.05, 3.63) is 0 Å². The zero-order chi connectivity index (χ0) is 34.5. The highest BCUT2D eigenvalue weighted by atomic mass is 31.2. The van der Waals surface area contributed by atoms with Crippen molar-refractivity contribution in [1.82, 2.24) is 5.48 Å². The van der Waals surface area contributed by atoms with Gasteiger partial charge in [-0.05, 0) is 12.8 Å². The van der Waals surface area contributed by atoms with Gasteiger partial charge < -0.3 is 10.3 Å². The van der Waals surface area contributed by atoms with Crippen LogP contribution in [0.3, 0.4) is 0 Å². The SMILES string of the molecule is CCCCCCCCCCCCCCCCCC(=O)[N]OP(=O)(OCCN)OC(=O)CCCCCCCCCCCCCCCCC. The van der Waals surface area contributed by atoms with Gasteiger partial charge in [0.05, 0.1) is 6.61 Å². The molecular weight excluding hydrogens is 611 g/mol. The van der Waals surface area contributed by atoms with Gasteiger partial charge in [0.15, 0.2) is 0 Å². The minimum absolute atomic E-state index is 0.0665. The minimum atomic E-state index is -4.33. The van der Waals surface area contributed by atoms with Crippen molar-refractivity contribution in [2.45, 2.75) is 219 Å². The summed E-state index contributed by atoms with van der Waals surface area (Å²) in [5.41, 5.74) is 8.89. The zero-order valence-electron chi connectivity index (χ0n) is 31.0. The van der Waals surface area contributed by atoms with Gasteiger partial charge in [-0.3, -0.25) is 14.1 Å². The van der Waals surface area contributed by atoms with E-state index in [9.17, 15) is 14.2 Å². The van der Waals surface area contributed by atoms with Gasteiger partial charge in [0.1, 0.15) is 0 Å². The lowest BCUT2D eigenvalue weighted by Gasteiger charge is -2.15. The first-order chi connectivity index (χ1) is 23.0. The Bertz CT molecular complexity index is 739. The lowest BCUT2D eigenvalue weighted by molar-refractivity contribution is -0.139. The zero-order valence-corrected chi connectivity index (χ0v) is 31.9. The molecule has 0 aromatic heterocycles. The van der Waals surface area contributed by atoms with Gasteiger partial charge in [-0.15, -0.1) is 4.62 Å². The summed E-state index contributed by atoms with van der Waals surface area (Å²) in [6, 6.07) is 0. The lowest BCUT2D eigenvalue weighted by atomic mass is 10.0. The van der Waals surface area contributed by atoms with Gasteiger partial charge in [0.2, 0.25) is 0 Å². The number of rotatable bonds is 38. The van der Waals surface area contributed by atoms with E-state index in [1.165, 1.54) is 148 Å². The predicted octanol–water partition coefficient (Wildman–Crippen LogP) is 12.2. The molecule has 0 fully saturated rings. The highest BCUT2D eigenvalue weighted by Crippen LogP contribution is 2.49. The second-order valence-corrected chi connectivity index (χ2v) is 15.0. The number of hydrogen-bond acceptors (Lipinski definition) is 7. The van der Waals surface area contributed by atoms with Crippen molar-refractivity contribution in [3.63, 3.8) is 0 Å². The number of carbonyl (C=O) groups is 2. The first kappa shape index (κ1) is 46.0. The molecule has 47 heavy (non-hydrogen) atoms. The minimum Gasteiger partial charge on any atom is -0.369 e. The molecule has 0 aliphatic heterocycles. The first-order valence-corrected chi connectivity index (χ1v) is 21.5. The summed E-state index contributed by atoms with van der Waals surface area (Å²) in [5, 5.41) is 0. The Morgan fingerprint density at radius 2 is 0.830 bits per heavy atom. The van der Waals surface area contributed by atoms with Gasteiger partial charge in [-0.2, -0.15) is 0 Å². The van der Waals surface area contributed by atoms with Crippen molar-refractivity contribution in [3.8, 4) is 0 Å². The Morgan fingerprint density at radius 1 is 0.511 bits per heavy atom. The topological polar surface area (TPSA) is 119 Å². The molecule has 1 radical (unpaired) electrons. The van der Waals surface area contributed by atoms with Crippen LogP contribution in [0.2, 0.25) is 0 Å². The normalized spacial score (nSPS) is 12.7. The molecule has 1 atom stereocenters. The van der Waals surface area contributed by atoms with E-state index in [0.717, 1.165) is 32.1 Å². The second-order valence-electron chi connectivity index (χ2n) is 13.5. The predicted molar refractivity (Wildman–Crippen MR) is 196 cm³/mol. The van der Waals surface area contributed by atoms with Crippen molar-refractivity contribution in [1.29, 1.82) is 0 Å². The molecule has 9 heteroatoms. The fraction of sp³-hybridized carbons (Fsp3) is 0.947. The van der Waals surface area contributed by atoms with E-state index in [1.54, 1.807) is 0 Å².